The Labute approximate surface area is 186 Å². The lowest BCUT2D eigenvalue weighted by Crippen LogP contribution is -2.13. The molecule has 30 heavy (non-hydrogen) atoms. The van der Waals surface area contributed by atoms with E-state index in [1.54, 1.807) is 54.6 Å². The van der Waals surface area contributed by atoms with Crippen molar-refractivity contribution in [1.82, 2.24) is 0 Å². The highest BCUT2D eigenvalue weighted by Crippen LogP contribution is 2.27. The molecule has 1 amide bonds. The number of anilines is 1. The van der Waals surface area contributed by atoms with Crippen molar-refractivity contribution in [2.75, 3.05) is 5.32 Å². The number of halogens is 3. The third kappa shape index (κ3) is 5.93. The number of amides is 1. The van der Waals surface area contributed by atoms with E-state index in [-0.39, 0.29) is 18.0 Å². The van der Waals surface area contributed by atoms with Gasteiger partial charge in [0.15, 0.2) is 0 Å². The van der Waals surface area contributed by atoms with Crippen LogP contribution in [0.1, 0.15) is 11.1 Å². The van der Waals surface area contributed by atoms with Crippen LogP contribution in [0.25, 0.3) is 6.08 Å². The molecular weight excluding hydrogens is 471 g/mol. The molecule has 0 aromatic heterocycles. The summed E-state index contributed by atoms with van der Waals surface area (Å²) in [6, 6.07) is 19.7. The Hall–Kier alpha value is -3.14. The molecule has 0 atom stereocenters. The largest absolute Gasteiger partial charge is 0.488 e. The molecule has 0 aliphatic heterocycles. The van der Waals surface area contributed by atoms with Crippen LogP contribution < -0.4 is 10.1 Å². The average Bonchev–Trinajstić information content (AvgIpc) is 2.74. The summed E-state index contributed by atoms with van der Waals surface area (Å²) >= 11 is 9.23. The summed E-state index contributed by atoms with van der Waals surface area (Å²) < 4.78 is 19.7. The summed E-state index contributed by atoms with van der Waals surface area (Å²) in [6.45, 7) is 0.210. The predicted octanol–water partition coefficient (Wildman–Crippen LogP) is 6.37. The third-order valence-corrected chi connectivity index (χ3v) is 4.79. The summed E-state index contributed by atoms with van der Waals surface area (Å²) in [5.41, 5.74) is 1.77. The van der Waals surface area contributed by atoms with Gasteiger partial charge in [0, 0.05) is 20.7 Å². The van der Waals surface area contributed by atoms with Crippen molar-refractivity contribution in [2.45, 2.75) is 6.61 Å². The van der Waals surface area contributed by atoms with Crippen LogP contribution in [0.15, 0.2) is 76.8 Å². The van der Waals surface area contributed by atoms with E-state index in [4.69, 9.17) is 16.3 Å². The fraction of sp³-hybridized carbons (Fsp3) is 0.0435. The Bertz CT molecular complexity index is 1120. The molecule has 0 aliphatic carbocycles. The second kappa shape index (κ2) is 10.1. The molecule has 3 aromatic rings. The van der Waals surface area contributed by atoms with Gasteiger partial charge in [-0.2, -0.15) is 5.26 Å². The molecule has 0 radical (unpaired) electrons. The molecule has 0 heterocycles. The Balaban J connectivity index is 1.81. The number of nitrogens with one attached hydrogen (secondary N) is 1. The predicted molar refractivity (Wildman–Crippen MR) is 119 cm³/mol. The van der Waals surface area contributed by atoms with Crippen LogP contribution in [0.5, 0.6) is 5.75 Å². The van der Waals surface area contributed by atoms with Gasteiger partial charge in [-0.1, -0.05) is 39.7 Å². The molecule has 0 saturated carbocycles. The van der Waals surface area contributed by atoms with E-state index in [9.17, 15) is 14.4 Å². The van der Waals surface area contributed by atoms with E-state index < -0.39 is 5.91 Å². The average molecular weight is 486 g/mol. The molecule has 0 saturated heterocycles. The van der Waals surface area contributed by atoms with Crippen LogP contribution in [-0.2, 0) is 11.4 Å². The molecule has 3 rings (SSSR count). The monoisotopic (exact) mass is 484 g/mol. The lowest BCUT2D eigenvalue weighted by atomic mass is 10.1. The summed E-state index contributed by atoms with van der Waals surface area (Å²) in [5.74, 6) is -0.393. The molecule has 4 nitrogen and oxygen atoms in total. The lowest BCUT2D eigenvalue weighted by Gasteiger charge is -2.11. The van der Waals surface area contributed by atoms with Crippen LogP contribution in [0.4, 0.5) is 10.1 Å². The smallest absolute Gasteiger partial charge is 0.266 e. The molecule has 3 aromatic carbocycles. The molecule has 7 heteroatoms. The Morgan fingerprint density at radius 2 is 1.83 bits per heavy atom. The van der Waals surface area contributed by atoms with Crippen molar-refractivity contribution in [1.29, 1.82) is 5.26 Å². The number of carbonyl (C=O) groups is 1. The van der Waals surface area contributed by atoms with Gasteiger partial charge in [-0.25, -0.2) is 4.39 Å². The Morgan fingerprint density at radius 3 is 2.50 bits per heavy atom. The standard InChI is InChI=1S/C23H15BrClFN2O2/c24-18-3-10-22(30-14-15-1-6-20(26)7-2-15)16(12-18)11-17(13-27)23(29)28-21-8-4-19(25)5-9-21/h1-12H,14H2,(H,28,29)/b17-11+. The van der Waals surface area contributed by atoms with E-state index in [1.165, 1.54) is 18.2 Å². The molecule has 0 aliphatic rings. The Morgan fingerprint density at radius 1 is 1.13 bits per heavy atom. The highest BCUT2D eigenvalue weighted by atomic mass is 79.9. The van der Waals surface area contributed by atoms with Gasteiger partial charge in [-0.15, -0.1) is 0 Å². The van der Waals surface area contributed by atoms with Gasteiger partial charge < -0.3 is 10.1 Å². The summed E-state index contributed by atoms with van der Waals surface area (Å²) in [7, 11) is 0. The molecule has 150 valence electrons. The SMILES string of the molecule is N#C/C(=C\c1cc(Br)ccc1OCc1ccc(F)cc1)C(=O)Nc1ccc(Cl)cc1. The van der Waals surface area contributed by atoms with Gasteiger partial charge in [0.25, 0.3) is 5.91 Å². The minimum Gasteiger partial charge on any atom is -0.488 e. The van der Waals surface area contributed by atoms with Crippen molar-refractivity contribution in [3.05, 3.63) is 98.7 Å². The first-order valence-electron chi connectivity index (χ1n) is 8.80. The van der Waals surface area contributed by atoms with Crippen molar-refractivity contribution >= 4 is 45.2 Å². The van der Waals surface area contributed by atoms with Crippen molar-refractivity contribution < 1.29 is 13.9 Å². The first kappa shape index (κ1) is 21.6. The zero-order valence-corrected chi connectivity index (χ0v) is 17.9. The molecular formula is C23H15BrClFN2O2. The van der Waals surface area contributed by atoms with Gasteiger partial charge in [0.2, 0.25) is 0 Å². The van der Waals surface area contributed by atoms with Gasteiger partial charge in [-0.3, -0.25) is 4.79 Å². The van der Waals surface area contributed by atoms with Gasteiger partial charge >= 0.3 is 0 Å². The van der Waals surface area contributed by atoms with Crippen LogP contribution in [0.3, 0.4) is 0 Å². The fourth-order valence-corrected chi connectivity index (χ4v) is 3.05. The number of hydrogen-bond donors (Lipinski definition) is 1. The number of benzene rings is 3. The topological polar surface area (TPSA) is 62.1 Å². The van der Waals surface area contributed by atoms with E-state index >= 15 is 0 Å². The summed E-state index contributed by atoms with van der Waals surface area (Å²) in [5, 5.41) is 12.7. The van der Waals surface area contributed by atoms with E-state index in [0.717, 1.165) is 10.0 Å². The minimum atomic E-state index is -0.552. The van der Waals surface area contributed by atoms with Crippen LogP contribution in [0, 0.1) is 17.1 Å². The van der Waals surface area contributed by atoms with Gasteiger partial charge in [-0.05, 0) is 66.2 Å². The molecule has 1 N–H and O–H groups in total. The molecule has 0 unspecified atom stereocenters. The maximum Gasteiger partial charge on any atom is 0.266 e. The van der Waals surface area contributed by atoms with Crippen LogP contribution in [0.2, 0.25) is 5.02 Å². The fourth-order valence-electron chi connectivity index (χ4n) is 2.54. The number of rotatable bonds is 6. The van der Waals surface area contributed by atoms with E-state index in [0.29, 0.717) is 22.0 Å². The summed E-state index contributed by atoms with van der Waals surface area (Å²) in [4.78, 5) is 12.5. The Kier molecular flexibility index (Phi) is 7.23. The van der Waals surface area contributed by atoms with E-state index in [2.05, 4.69) is 21.2 Å². The number of carbonyl (C=O) groups excluding carboxylic acids is 1. The number of nitrogens with zero attached hydrogens (tertiary/aromatic N) is 1. The minimum absolute atomic E-state index is 0.0883. The number of nitriles is 1. The second-order valence-corrected chi connectivity index (χ2v) is 7.58. The second-order valence-electron chi connectivity index (χ2n) is 6.23. The summed E-state index contributed by atoms with van der Waals surface area (Å²) in [6.07, 6.45) is 1.45. The lowest BCUT2D eigenvalue weighted by molar-refractivity contribution is -0.112. The van der Waals surface area contributed by atoms with Crippen molar-refractivity contribution in [2.24, 2.45) is 0 Å². The number of hydrogen-bond acceptors (Lipinski definition) is 3. The molecule has 0 spiro atoms. The zero-order valence-electron chi connectivity index (χ0n) is 15.5. The van der Waals surface area contributed by atoms with E-state index in [1.807, 2.05) is 6.07 Å². The quantitative estimate of drug-likeness (QED) is 0.326. The van der Waals surface area contributed by atoms with Crippen molar-refractivity contribution in [3.63, 3.8) is 0 Å². The zero-order chi connectivity index (χ0) is 21.5. The van der Waals surface area contributed by atoms with Gasteiger partial charge in [0.05, 0.1) is 0 Å². The third-order valence-electron chi connectivity index (χ3n) is 4.05. The highest BCUT2D eigenvalue weighted by molar-refractivity contribution is 9.10. The maximum absolute atomic E-state index is 13.1. The first-order chi connectivity index (χ1) is 14.4. The normalized spacial score (nSPS) is 10.9. The number of ether oxygens (including phenoxy) is 1. The van der Waals surface area contributed by atoms with Gasteiger partial charge in [0.1, 0.15) is 29.8 Å². The van der Waals surface area contributed by atoms with Crippen molar-refractivity contribution in [3.8, 4) is 11.8 Å². The maximum atomic E-state index is 13.1. The molecule has 0 bridgehead atoms. The van der Waals surface area contributed by atoms with Crippen LogP contribution in [-0.4, -0.2) is 5.91 Å². The molecule has 0 fully saturated rings. The first-order valence-corrected chi connectivity index (χ1v) is 9.97. The highest BCUT2D eigenvalue weighted by Gasteiger charge is 2.12. The van der Waals surface area contributed by atoms with Crippen LogP contribution >= 0.6 is 27.5 Å².